The summed E-state index contributed by atoms with van der Waals surface area (Å²) in [6.45, 7) is 0. The number of halogens is 1. The van der Waals surface area contributed by atoms with Crippen LogP contribution in [0.5, 0.6) is 0 Å². The van der Waals surface area contributed by atoms with Crippen molar-refractivity contribution in [3.8, 4) is 0 Å². The van der Waals surface area contributed by atoms with Crippen LogP contribution in [0.1, 0.15) is 0 Å². The molecule has 0 saturated heterocycles. The van der Waals surface area contributed by atoms with Gasteiger partial charge < -0.3 is 0 Å². The van der Waals surface area contributed by atoms with Crippen molar-refractivity contribution in [2.24, 2.45) is 0 Å². The summed E-state index contributed by atoms with van der Waals surface area (Å²) in [7, 11) is 0. The second-order valence-corrected chi connectivity index (χ2v) is 1.77. The van der Waals surface area contributed by atoms with Crippen LogP contribution in [0.3, 0.4) is 0 Å². The van der Waals surface area contributed by atoms with Gasteiger partial charge in [-0.15, -0.1) is 23.7 Å². The fourth-order valence-electron chi connectivity index (χ4n) is 0.258. The molecule has 0 radical (unpaired) electrons. The standard InChI is InChI=1S/C4H3NOS.ClH/c6-4-1-2-7-3-5-4;/h1-3H;1H. The molecule has 0 spiro atoms. The summed E-state index contributed by atoms with van der Waals surface area (Å²) < 4.78 is 0. The second-order valence-electron chi connectivity index (χ2n) is 1.01. The van der Waals surface area contributed by atoms with Crippen LogP contribution >= 0.6 is 23.7 Å². The van der Waals surface area contributed by atoms with Gasteiger partial charge in [0.2, 0.25) is 0 Å². The predicted octanol–water partition coefficient (Wildman–Crippen LogP) is 0.925. The molecule has 0 amide bonds. The van der Waals surface area contributed by atoms with Crippen LogP contribution in [-0.4, -0.2) is 4.98 Å². The first-order chi connectivity index (χ1) is 3.39. The quantitative estimate of drug-likeness (QED) is 0.549. The van der Waals surface area contributed by atoms with E-state index in [0.29, 0.717) is 0 Å². The van der Waals surface area contributed by atoms with E-state index in [1.165, 1.54) is 22.9 Å². The van der Waals surface area contributed by atoms with Gasteiger partial charge in [0.15, 0.2) is 0 Å². The molecule has 0 aromatic carbocycles. The molecule has 2 nitrogen and oxygen atoms in total. The summed E-state index contributed by atoms with van der Waals surface area (Å²) >= 11 is 1.41. The molecule has 0 aliphatic rings. The molecule has 0 bridgehead atoms. The van der Waals surface area contributed by atoms with Gasteiger partial charge in [-0.25, -0.2) is 4.98 Å². The Kier molecular flexibility index (Phi) is 3.39. The Morgan fingerprint density at radius 2 is 2.38 bits per heavy atom. The zero-order chi connectivity index (χ0) is 5.11. The van der Waals surface area contributed by atoms with Crippen LogP contribution in [0, 0.1) is 0 Å². The third-order valence-corrected chi connectivity index (χ3v) is 1.05. The molecule has 0 aliphatic carbocycles. The summed E-state index contributed by atoms with van der Waals surface area (Å²) in [5.74, 6) is 0. The minimum absolute atomic E-state index is 0. The molecule has 0 saturated carbocycles. The van der Waals surface area contributed by atoms with Crippen molar-refractivity contribution in [3.63, 3.8) is 0 Å². The average molecular weight is 150 g/mol. The molecule has 1 rings (SSSR count). The lowest BCUT2D eigenvalue weighted by Crippen LogP contribution is -1.97. The lowest BCUT2D eigenvalue weighted by atomic mass is 10.7. The SMILES string of the molecule is Cl.O=c1ccscn1. The number of nitrogens with zero attached hydrogens (tertiary/aromatic N) is 1. The maximum absolute atomic E-state index is 10.2. The van der Waals surface area contributed by atoms with E-state index in [0.717, 1.165) is 0 Å². The third kappa shape index (κ3) is 2.04. The Hall–Kier alpha value is -0.410. The summed E-state index contributed by atoms with van der Waals surface area (Å²) in [6.07, 6.45) is 0. The highest BCUT2D eigenvalue weighted by molar-refractivity contribution is 7.07. The Morgan fingerprint density at radius 1 is 1.62 bits per heavy atom. The average Bonchev–Trinajstić information content (AvgIpc) is 1.69. The number of aromatic nitrogens is 1. The summed E-state index contributed by atoms with van der Waals surface area (Å²) in [5, 5.41) is 1.70. The van der Waals surface area contributed by atoms with E-state index < -0.39 is 0 Å². The van der Waals surface area contributed by atoms with Crippen molar-refractivity contribution < 1.29 is 0 Å². The van der Waals surface area contributed by atoms with E-state index in [2.05, 4.69) is 4.98 Å². The van der Waals surface area contributed by atoms with Gasteiger partial charge in [0.25, 0.3) is 5.56 Å². The maximum Gasteiger partial charge on any atom is 0.271 e. The van der Waals surface area contributed by atoms with Gasteiger partial charge in [-0.05, 0) is 5.38 Å². The van der Waals surface area contributed by atoms with Crippen molar-refractivity contribution >= 4 is 23.7 Å². The van der Waals surface area contributed by atoms with E-state index in [1.807, 2.05) is 0 Å². The maximum atomic E-state index is 10.2. The highest BCUT2D eigenvalue weighted by Gasteiger charge is 1.72. The summed E-state index contributed by atoms with van der Waals surface area (Å²) in [6, 6.07) is 1.44. The monoisotopic (exact) mass is 149 g/mol. The fourth-order valence-corrected chi connectivity index (χ4v) is 0.688. The van der Waals surface area contributed by atoms with Crippen molar-refractivity contribution in [2.45, 2.75) is 0 Å². The zero-order valence-electron chi connectivity index (χ0n) is 3.90. The number of hydrogen-bond donors (Lipinski definition) is 0. The molecule has 0 fully saturated rings. The van der Waals surface area contributed by atoms with Crippen LogP contribution in [0.2, 0.25) is 0 Å². The van der Waals surface area contributed by atoms with Gasteiger partial charge in [0.1, 0.15) is 0 Å². The van der Waals surface area contributed by atoms with E-state index >= 15 is 0 Å². The normalized spacial score (nSPS) is 7.50. The van der Waals surface area contributed by atoms with Gasteiger partial charge in [-0.3, -0.25) is 4.79 Å². The van der Waals surface area contributed by atoms with Gasteiger partial charge in [-0.2, -0.15) is 0 Å². The molecule has 0 atom stereocenters. The summed E-state index contributed by atoms with van der Waals surface area (Å²) in [4.78, 5) is 13.6. The van der Waals surface area contributed by atoms with Gasteiger partial charge in [0.05, 0.1) is 5.51 Å². The molecule has 0 unspecified atom stereocenters. The van der Waals surface area contributed by atoms with Crippen molar-refractivity contribution in [1.82, 2.24) is 4.98 Å². The lowest BCUT2D eigenvalue weighted by Gasteiger charge is -1.69. The zero-order valence-corrected chi connectivity index (χ0v) is 5.54. The first kappa shape index (κ1) is 7.59. The Bertz CT molecular complexity index is 182. The van der Waals surface area contributed by atoms with Crippen LogP contribution in [0.15, 0.2) is 21.8 Å². The summed E-state index contributed by atoms with van der Waals surface area (Å²) in [5.41, 5.74) is 1.35. The largest absolute Gasteiger partial charge is 0.271 e. The van der Waals surface area contributed by atoms with Crippen LogP contribution in [0.4, 0.5) is 0 Å². The van der Waals surface area contributed by atoms with Crippen LogP contribution in [0.25, 0.3) is 0 Å². The minimum atomic E-state index is -0.168. The third-order valence-electron chi connectivity index (χ3n) is 0.530. The fraction of sp³-hybridized carbons (Fsp3) is 0. The molecular weight excluding hydrogens is 146 g/mol. The van der Waals surface area contributed by atoms with E-state index in [9.17, 15) is 4.79 Å². The van der Waals surface area contributed by atoms with E-state index in [4.69, 9.17) is 0 Å². The number of hydrogen-bond acceptors (Lipinski definition) is 3. The highest BCUT2D eigenvalue weighted by Crippen LogP contribution is 1.81. The molecule has 8 heavy (non-hydrogen) atoms. The first-order valence-electron chi connectivity index (χ1n) is 1.78. The first-order valence-corrected chi connectivity index (χ1v) is 2.72. The van der Waals surface area contributed by atoms with E-state index in [-0.39, 0.29) is 18.0 Å². The molecule has 0 aliphatic heterocycles. The topological polar surface area (TPSA) is 30.0 Å². The van der Waals surface area contributed by atoms with E-state index in [1.54, 1.807) is 5.38 Å². The Balaban J connectivity index is 0.000000490. The Morgan fingerprint density at radius 3 is 2.62 bits per heavy atom. The van der Waals surface area contributed by atoms with Gasteiger partial charge in [-0.1, -0.05) is 0 Å². The van der Waals surface area contributed by atoms with Crippen molar-refractivity contribution in [1.29, 1.82) is 0 Å². The molecular formula is C4H4ClNOS. The predicted molar refractivity (Wildman–Crippen MR) is 35.6 cm³/mol. The molecule has 1 heterocycles. The van der Waals surface area contributed by atoms with Gasteiger partial charge in [0, 0.05) is 6.07 Å². The highest BCUT2D eigenvalue weighted by atomic mass is 35.5. The Labute approximate surface area is 56.6 Å². The molecule has 0 N–H and O–H groups in total. The van der Waals surface area contributed by atoms with Crippen molar-refractivity contribution in [2.75, 3.05) is 0 Å². The molecule has 1 aromatic heterocycles. The smallest absolute Gasteiger partial charge is 0.267 e. The molecule has 4 heteroatoms. The van der Waals surface area contributed by atoms with Crippen molar-refractivity contribution in [3.05, 3.63) is 27.3 Å². The van der Waals surface area contributed by atoms with Crippen LogP contribution in [-0.2, 0) is 0 Å². The van der Waals surface area contributed by atoms with Gasteiger partial charge >= 0.3 is 0 Å². The molecule has 1 aromatic rings. The lowest BCUT2D eigenvalue weighted by molar-refractivity contribution is 1.29. The van der Waals surface area contributed by atoms with Crippen LogP contribution < -0.4 is 5.56 Å². The second kappa shape index (κ2) is 3.57. The minimum Gasteiger partial charge on any atom is -0.267 e. The number of rotatable bonds is 0. The molecule has 44 valence electrons.